The molecule has 4 fully saturated rings. The molecule has 1 spiro atoms. The molecule has 0 N–H and O–H groups in total. The van der Waals surface area contributed by atoms with Gasteiger partial charge < -0.3 is 9.64 Å². The Kier molecular flexibility index (Phi) is 2.96. The van der Waals surface area contributed by atoms with Crippen LogP contribution >= 0.6 is 12.4 Å². The molecule has 3 saturated heterocycles. The van der Waals surface area contributed by atoms with E-state index in [2.05, 4.69) is 40.1 Å². The van der Waals surface area contributed by atoms with Gasteiger partial charge in [-0.2, -0.15) is 0 Å². The van der Waals surface area contributed by atoms with Gasteiger partial charge in [-0.1, -0.05) is 29.8 Å². The molecule has 1 aromatic carbocycles. The minimum absolute atomic E-state index is 0. The second-order valence-corrected chi connectivity index (χ2v) is 8.78. The summed E-state index contributed by atoms with van der Waals surface area (Å²) in [6.45, 7) is 2.97. The fourth-order valence-corrected chi connectivity index (χ4v) is 7.51. The molecular weight excluding hydrogens is 348 g/mol. The van der Waals surface area contributed by atoms with Crippen LogP contribution in [0, 0.1) is 11.8 Å². The summed E-state index contributed by atoms with van der Waals surface area (Å²) in [5.74, 6) is 1.35. The van der Waals surface area contributed by atoms with Crippen LogP contribution < -0.4 is 4.90 Å². The first-order valence-corrected chi connectivity index (χ1v) is 9.75. The Balaban J connectivity index is 0.00000137. The van der Waals surface area contributed by atoms with Crippen LogP contribution in [0.2, 0.25) is 0 Å². The summed E-state index contributed by atoms with van der Waals surface area (Å²) >= 11 is 0. The summed E-state index contributed by atoms with van der Waals surface area (Å²) in [4.78, 5) is 18.1. The zero-order valence-electron chi connectivity index (χ0n) is 14.6. The highest BCUT2D eigenvalue weighted by Gasteiger charge is 2.70. The number of ether oxygens (including phenoxy) is 1. The maximum atomic E-state index is 13.2. The van der Waals surface area contributed by atoms with Crippen molar-refractivity contribution in [3.05, 3.63) is 41.5 Å². The smallest absolute Gasteiger partial charge is 0.229 e. The Hall–Kier alpha value is -1.36. The molecule has 2 bridgehead atoms. The van der Waals surface area contributed by atoms with E-state index < -0.39 is 0 Å². The Morgan fingerprint density at radius 2 is 2.12 bits per heavy atom. The molecule has 1 saturated carbocycles. The Bertz CT molecular complexity index is 854. The molecule has 5 heteroatoms. The van der Waals surface area contributed by atoms with Gasteiger partial charge in [-0.15, -0.1) is 12.4 Å². The monoisotopic (exact) mass is 370 g/mol. The molecule has 6 aliphatic rings. The number of rotatable bonds is 0. The number of halogens is 1. The fourth-order valence-electron chi connectivity index (χ4n) is 7.51. The number of anilines is 1. The van der Waals surface area contributed by atoms with Crippen LogP contribution in [-0.2, 0) is 14.9 Å². The van der Waals surface area contributed by atoms with Crippen LogP contribution in [-0.4, -0.2) is 48.7 Å². The van der Waals surface area contributed by atoms with Crippen molar-refractivity contribution < 1.29 is 9.53 Å². The summed E-state index contributed by atoms with van der Waals surface area (Å²) in [6.07, 6.45) is 5.43. The van der Waals surface area contributed by atoms with Gasteiger partial charge in [-0.05, 0) is 36.9 Å². The molecule has 26 heavy (non-hydrogen) atoms. The minimum atomic E-state index is 0. The highest BCUT2D eigenvalue weighted by Crippen LogP contribution is 2.65. The first-order chi connectivity index (χ1) is 12.3. The van der Waals surface area contributed by atoms with Crippen molar-refractivity contribution in [3.8, 4) is 0 Å². The maximum Gasteiger partial charge on any atom is 0.229 e. The Morgan fingerprint density at radius 3 is 3.04 bits per heavy atom. The normalized spacial score (nSPS) is 44.2. The van der Waals surface area contributed by atoms with Crippen molar-refractivity contribution in [1.29, 1.82) is 0 Å². The molecule has 0 radical (unpaired) electrons. The summed E-state index contributed by atoms with van der Waals surface area (Å²) < 4.78 is 6.25. The van der Waals surface area contributed by atoms with E-state index in [9.17, 15) is 4.79 Å². The van der Waals surface area contributed by atoms with E-state index in [1.807, 2.05) is 0 Å². The fraction of sp³-hybridized carbons (Fsp3) is 0.571. The Labute approximate surface area is 159 Å². The lowest BCUT2D eigenvalue weighted by molar-refractivity contribution is -0.132. The summed E-state index contributed by atoms with van der Waals surface area (Å²) in [7, 11) is 0. The minimum Gasteiger partial charge on any atom is -0.373 e. The van der Waals surface area contributed by atoms with Crippen molar-refractivity contribution >= 4 is 24.0 Å². The van der Waals surface area contributed by atoms with E-state index >= 15 is 0 Å². The van der Waals surface area contributed by atoms with Gasteiger partial charge in [0.2, 0.25) is 5.91 Å². The third-order valence-corrected chi connectivity index (χ3v) is 8.22. The lowest BCUT2D eigenvalue weighted by Crippen LogP contribution is -2.69. The van der Waals surface area contributed by atoms with Gasteiger partial charge in [0.15, 0.2) is 0 Å². The first kappa shape index (κ1) is 15.7. The second kappa shape index (κ2) is 4.92. The molecule has 1 amide bonds. The van der Waals surface area contributed by atoms with Crippen molar-refractivity contribution in [1.82, 2.24) is 4.90 Å². The number of amides is 1. The van der Waals surface area contributed by atoms with Crippen LogP contribution in [0.1, 0.15) is 24.8 Å². The van der Waals surface area contributed by atoms with Crippen LogP contribution in [0.3, 0.4) is 0 Å². The molecule has 5 aliphatic heterocycles. The summed E-state index contributed by atoms with van der Waals surface area (Å²) in [5, 5.41) is 0. The van der Waals surface area contributed by atoms with Crippen LogP contribution in [0.5, 0.6) is 0 Å². The molecule has 136 valence electrons. The second-order valence-electron chi connectivity index (χ2n) is 8.78. The SMILES string of the molecule is Cl.O=C1CC2OCC=C3CN4CC[C@]56c7ccccc7N1C5C2C3CC46. The van der Waals surface area contributed by atoms with Crippen LogP contribution in [0.15, 0.2) is 35.9 Å². The van der Waals surface area contributed by atoms with Gasteiger partial charge in [0.05, 0.1) is 25.2 Å². The summed E-state index contributed by atoms with van der Waals surface area (Å²) in [5.41, 5.74) is 4.35. The zero-order chi connectivity index (χ0) is 16.3. The van der Waals surface area contributed by atoms with E-state index in [0.29, 0.717) is 36.9 Å². The number of para-hydroxylation sites is 1. The number of carbonyl (C=O) groups excluding carboxylic acids is 1. The third-order valence-electron chi connectivity index (χ3n) is 8.22. The molecule has 1 aromatic rings. The number of hydrogen-bond acceptors (Lipinski definition) is 3. The van der Waals surface area contributed by atoms with E-state index in [1.54, 1.807) is 5.57 Å². The van der Waals surface area contributed by atoms with Gasteiger partial charge in [-0.25, -0.2) is 0 Å². The van der Waals surface area contributed by atoms with Crippen molar-refractivity contribution in [2.45, 2.75) is 42.9 Å². The van der Waals surface area contributed by atoms with E-state index in [1.165, 1.54) is 30.6 Å². The maximum absolute atomic E-state index is 13.2. The number of hydrogen-bond donors (Lipinski definition) is 0. The van der Waals surface area contributed by atoms with Crippen LogP contribution in [0.4, 0.5) is 5.69 Å². The Morgan fingerprint density at radius 1 is 1.23 bits per heavy atom. The average Bonchev–Trinajstić information content (AvgIpc) is 3.10. The lowest BCUT2D eigenvalue weighted by Gasteiger charge is -2.58. The summed E-state index contributed by atoms with van der Waals surface area (Å²) in [6, 6.07) is 9.64. The van der Waals surface area contributed by atoms with Crippen molar-refractivity contribution in [2.24, 2.45) is 11.8 Å². The van der Waals surface area contributed by atoms with E-state index in [4.69, 9.17) is 4.74 Å². The quantitative estimate of drug-likeness (QED) is 0.658. The van der Waals surface area contributed by atoms with Gasteiger partial charge >= 0.3 is 0 Å². The van der Waals surface area contributed by atoms with Gasteiger partial charge in [-0.3, -0.25) is 9.69 Å². The highest BCUT2D eigenvalue weighted by molar-refractivity contribution is 5.99. The average molecular weight is 371 g/mol. The van der Waals surface area contributed by atoms with E-state index in [0.717, 1.165) is 6.54 Å². The molecular formula is C21H23ClN2O2. The highest BCUT2D eigenvalue weighted by atomic mass is 35.5. The molecule has 1 aliphatic carbocycles. The number of fused-ring (bicyclic) bond motifs is 2. The molecule has 7 rings (SSSR count). The largest absolute Gasteiger partial charge is 0.373 e. The molecule has 5 heterocycles. The number of benzene rings is 1. The van der Waals surface area contributed by atoms with Gasteiger partial charge in [0.25, 0.3) is 0 Å². The topological polar surface area (TPSA) is 32.8 Å². The van der Waals surface area contributed by atoms with Crippen molar-refractivity contribution in [3.63, 3.8) is 0 Å². The van der Waals surface area contributed by atoms with Gasteiger partial charge in [0.1, 0.15) is 0 Å². The number of carbonyl (C=O) groups is 1. The predicted molar refractivity (Wildman–Crippen MR) is 101 cm³/mol. The molecule has 6 atom stereocenters. The number of piperidine rings is 2. The van der Waals surface area contributed by atoms with Crippen molar-refractivity contribution in [2.75, 3.05) is 24.6 Å². The molecule has 5 unspecified atom stereocenters. The zero-order valence-corrected chi connectivity index (χ0v) is 15.5. The number of nitrogens with zero attached hydrogens (tertiary/aromatic N) is 2. The molecule has 0 aromatic heterocycles. The molecule has 4 nitrogen and oxygen atoms in total. The predicted octanol–water partition coefficient (Wildman–Crippen LogP) is 2.51. The standard InChI is InChI=1S/C21H22N2O2.ClH/c24-18-10-16-19-13-9-17-21(6-7-22(17)11-12(13)5-8-25-16)14-3-1-2-4-15(14)23(18)20(19)21;/h1-5,13,16-17,19-20H,6-11H2;1H/t13?,16?,17?,19?,20?,21-;/m1./s1. The lowest BCUT2D eigenvalue weighted by atomic mass is 9.53. The van der Waals surface area contributed by atoms with Crippen LogP contribution in [0.25, 0.3) is 0 Å². The third kappa shape index (κ3) is 1.52. The first-order valence-electron chi connectivity index (χ1n) is 9.75. The van der Waals surface area contributed by atoms with E-state index in [-0.39, 0.29) is 29.8 Å². The van der Waals surface area contributed by atoms with Gasteiger partial charge in [0, 0.05) is 29.6 Å².